The minimum atomic E-state index is 0.0964. The van der Waals surface area contributed by atoms with E-state index in [-0.39, 0.29) is 18.0 Å². The molecule has 0 aromatic carbocycles. The summed E-state index contributed by atoms with van der Waals surface area (Å²) in [6, 6.07) is 0.620. The Balaban J connectivity index is 2.24. The first-order valence-electron chi connectivity index (χ1n) is 21.2. The highest BCUT2D eigenvalue weighted by molar-refractivity contribution is 5.72. The van der Waals surface area contributed by atoms with E-state index < -0.39 is 0 Å². The Kier molecular flexibility index (Phi) is 31.9. The summed E-state index contributed by atoms with van der Waals surface area (Å²) in [7, 11) is 4.33. The van der Waals surface area contributed by atoms with E-state index in [2.05, 4.69) is 93.6 Å². The zero-order valence-electron chi connectivity index (χ0n) is 33.1. The highest BCUT2D eigenvalue weighted by Gasteiger charge is 2.29. The van der Waals surface area contributed by atoms with Crippen LogP contribution in [0.25, 0.3) is 0 Å². The van der Waals surface area contributed by atoms with Crippen LogP contribution in [-0.4, -0.2) is 37.1 Å². The highest BCUT2D eigenvalue weighted by Crippen LogP contribution is 2.29. The molecule has 1 aliphatic carbocycles. The number of hydrogen-bond donors (Lipinski definition) is 0. The largest absolute Gasteiger partial charge is 0.462 e. The smallest absolute Gasteiger partial charge is 0.309 e. The summed E-state index contributed by atoms with van der Waals surface area (Å²) in [6.07, 6.45) is 56.8. The first-order valence-corrected chi connectivity index (χ1v) is 21.2. The van der Waals surface area contributed by atoms with Gasteiger partial charge in [-0.3, -0.25) is 4.79 Å². The van der Waals surface area contributed by atoms with Gasteiger partial charge in [0.25, 0.3) is 0 Å². The molecule has 0 radical (unpaired) electrons. The molecule has 0 saturated heterocycles. The zero-order valence-corrected chi connectivity index (χ0v) is 33.1. The Morgan fingerprint density at radius 3 is 1.41 bits per heavy atom. The molecule has 1 rings (SSSR count). The van der Waals surface area contributed by atoms with E-state index in [0.29, 0.717) is 6.04 Å². The van der Waals surface area contributed by atoms with Gasteiger partial charge in [-0.15, -0.1) is 0 Å². The predicted octanol–water partition coefficient (Wildman–Crippen LogP) is 14.2. The van der Waals surface area contributed by atoms with Crippen molar-refractivity contribution in [3.63, 3.8) is 0 Å². The fourth-order valence-corrected chi connectivity index (χ4v) is 6.88. The Labute approximate surface area is 306 Å². The number of esters is 1. The number of nitrogens with zero attached hydrogens (tertiary/aromatic N) is 1. The fraction of sp³-hybridized carbons (Fsp3) is 0.761. The maximum Gasteiger partial charge on any atom is 0.309 e. The average Bonchev–Trinajstić information content (AvgIpc) is 3.11. The molecule has 0 N–H and O–H groups in total. The maximum atomic E-state index is 13.2. The van der Waals surface area contributed by atoms with Crippen molar-refractivity contribution in [1.82, 2.24) is 4.90 Å². The Bertz CT molecular complexity index is 874. The maximum absolute atomic E-state index is 13.2. The predicted molar refractivity (Wildman–Crippen MR) is 217 cm³/mol. The summed E-state index contributed by atoms with van der Waals surface area (Å²) in [5, 5.41) is 0. The van der Waals surface area contributed by atoms with Crippen molar-refractivity contribution in [3.05, 3.63) is 60.8 Å². The van der Waals surface area contributed by atoms with Gasteiger partial charge in [-0.25, -0.2) is 0 Å². The van der Waals surface area contributed by atoms with Crippen molar-refractivity contribution in [2.24, 2.45) is 5.92 Å². The van der Waals surface area contributed by atoms with Crippen molar-refractivity contribution >= 4 is 5.97 Å². The average molecular weight is 680 g/mol. The number of ether oxygens (including phenoxy) is 1. The quantitative estimate of drug-likeness (QED) is 0.0403. The molecule has 3 nitrogen and oxygen atoms in total. The van der Waals surface area contributed by atoms with Gasteiger partial charge in [-0.1, -0.05) is 139 Å². The van der Waals surface area contributed by atoms with Gasteiger partial charge in [-0.05, 0) is 130 Å². The van der Waals surface area contributed by atoms with E-state index in [4.69, 9.17) is 4.74 Å². The monoisotopic (exact) mass is 680 g/mol. The lowest BCUT2D eigenvalue weighted by molar-refractivity contribution is -0.156. The van der Waals surface area contributed by atoms with Crippen LogP contribution in [-0.2, 0) is 9.53 Å². The van der Waals surface area contributed by atoms with E-state index in [1.165, 1.54) is 116 Å². The molecule has 0 heterocycles. The van der Waals surface area contributed by atoms with Crippen molar-refractivity contribution in [2.45, 2.75) is 206 Å². The first kappa shape index (κ1) is 45.2. The van der Waals surface area contributed by atoms with Crippen LogP contribution in [0, 0.1) is 5.92 Å². The highest BCUT2D eigenvalue weighted by atomic mass is 16.5. The van der Waals surface area contributed by atoms with Crippen LogP contribution in [0.1, 0.15) is 194 Å². The number of unbranched alkanes of at least 4 members (excludes halogenated alkanes) is 15. The molecule has 0 aromatic rings. The molecule has 0 spiro atoms. The van der Waals surface area contributed by atoms with Gasteiger partial charge in [0.15, 0.2) is 0 Å². The molecule has 49 heavy (non-hydrogen) atoms. The van der Waals surface area contributed by atoms with E-state index in [1.54, 1.807) is 0 Å². The zero-order chi connectivity index (χ0) is 35.5. The lowest BCUT2D eigenvalue weighted by Gasteiger charge is -2.32. The van der Waals surface area contributed by atoms with Gasteiger partial charge in [0.05, 0.1) is 5.92 Å². The summed E-state index contributed by atoms with van der Waals surface area (Å²) < 4.78 is 6.25. The SMILES string of the molecule is CCC=CCC=CCC=CCCCCCCCCC(CCCCCCCCC=CCC=CCCCCC)OC(=O)C1CCC(N(C)C)CC1. The minimum Gasteiger partial charge on any atom is -0.462 e. The van der Waals surface area contributed by atoms with Crippen LogP contribution < -0.4 is 0 Å². The van der Waals surface area contributed by atoms with Crippen LogP contribution in [0.15, 0.2) is 60.8 Å². The van der Waals surface area contributed by atoms with Crippen LogP contribution in [0.4, 0.5) is 0 Å². The lowest BCUT2D eigenvalue weighted by Crippen LogP contribution is -2.35. The Hall–Kier alpha value is -1.87. The molecule has 0 aliphatic heterocycles. The summed E-state index contributed by atoms with van der Waals surface area (Å²) in [5.74, 6) is 0.210. The summed E-state index contributed by atoms with van der Waals surface area (Å²) >= 11 is 0. The second kappa shape index (κ2) is 34.6. The van der Waals surface area contributed by atoms with Crippen LogP contribution in [0.2, 0.25) is 0 Å². The summed E-state index contributed by atoms with van der Waals surface area (Å²) in [5.41, 5.74) is 0. The molecule has 0 aromatic heterocycles. The number of allylic oxidation sites excluding steroid dienone is 10. The molecule has 1 aliphatic rings. The van der Waals surface area contributed by atoms with Crippen molar-refractivity contribution in [3.8, 4) is 0 Å². The third-order valence-corrected chi connectivity index (χ3v) is 10.2. The van der Waals surface area contributed by atoms with E-state index in [9.17, 15) is 4.79 Å². The molecule has 3 heteroatoms. The third kappa shape index (κ3) is 28.5. The number of hydrogen-bond acceptors (Lipinski definition) is 3. The normalized spacial score (nSPS) is 18.0. The van der Waals surface area contributed by atoms with Crippen molar-refractivity contribution in [1.29, 1.82) is 0 Å². The van der Waals surface area contributed by atoms with Gasteiger partial charge in [0, 0.05) is 6.04 Å². The minimum absolute atomic E-state index is 0.0964. The fourth-order valence-electron chi connectivity index (χ4n) is 6.88. The van der Waals surface area contributed by atoms with E-state index in [1.807, 2.05) is 0 Å². The first-order chi connectivity index (χ1) is 24.1. The van der Waals surface area contributed by atoms with Crippen molar-refractivity contribution < 1.29 is 9.53 Å². The van der Waals surface area contributed by atoms with Gasteiger partial charge in [0.1, 0.15) is 6.10 Å². The lowest BCUT2D eigenvalue weighted by atomic mass is 9.85. The molecule has 0 bridgehead atoms. The van der Waals surface area contributed by atoms with Gasteiger partial charge < -0.3 is 9.64 Å². The molecule has 1 unspecified atom stereocenters. The van der Waals surface area contributed by atoms with E-state index >= 15 is 0 Å². The Morgan fingerprint density at radius 1 is 0.551 bits per heavy atom. The van der Waals surface area contributed by atoms with Crippen LogP contribution in [0.5, 0.6) is 0 Å². The van der Waals surface area contributed by atoms with Gasteiger partial charge in [-0.2, -0.15) is 0 Å². The molecule has 1 fully saturated rings. The van der Waals surface area contributed by atoms with Gasteiger partial charge in [0.2, 0.25) is 0 Å². The topological polar surface area (TPSA) is 29.5 Å². The summed E-state index contributed by atoms with van der Waals surface area (Å²) in [4.78, 5) is 15.5. The molecule has 1 saturated carbocycles. The van der Waals surface area contributed by atoms with Gasteiger partial charge >= 0.3 is 5.97 Å². The second-order valence-corrected chi connectivity index (χ2v) is 14.9. The Morgan fingerprint density at radius 2 is 0.959 bits per heavy atom. The van der Waals surface area contributed by atoms with Crippen LogP contribution in [0.3, 0.4) is 0 Å². The van der Waals surface area contributed by atoms with E-state index in [0.717, 1.165) is 64.2 Å². The third-order valence-electron chi connectivity index (χ3n) is 10.2. The van der Waals surface area contributed by atoms with Crippen LogP contribution >= 0.6 is 0 Å². The molecule has 0 amide bonds. The molecule has 1 atom stereocenters. The molecular weight excluding hydrogens is 599 g/mol. The molecule has 282 valence electrons. The van der Waals surface area contributed by atoms with Crippen molar-refractivity contribution in [2.75, 3.05) is 14.1 Å². The number of rotatable bonds is 32. The molecular formula is C46H81NO2. The number of carbonyl (C=O) groups is 1. The summed E-state index contributed by atoms with van der Waals surface area (Å²) in [6.45, 7) is 4.44. The standard InChI is InChI=1S/C46H81NO2/c1-5-7-9-11-13-15-17-19-21-23-25-27-29-31-33-35-37-45(49-46(48)43-39-41-44(42-40-43)47(3)4)38-36-34-32-30-28-26-24-22-20-18-16-14-12-10-8-6-2/h7,9,13-16,19-22,43-45H,5-6,8,10-12,17-18,23-42H2,1-4H3. The second-order valence-electron chi connectivity index (χ2n) is 14.9. The number of carbonyl (C=O) groups excluding carboxylic acids is 1.